The van der Waals surface area contributed by atoms with Gasteiger partial charge in [0.15, 0.2) is 0 Å². The third kappa shape index (κ3) is 3.26. The zero-order valence-corrected chi connectivity index (χ0v) is 11.3. The second-order valence-corrected chi connectivity index (χ2v) is 4.29. The van der Waals surface area contributed by atoms with Crippen LogP contribution in [0.25, 0.3) is 0 Å². The summed E-state index contributed by atoms with van der Waals surface area (Å²) in [5, 5.41) is 3.48. The zero-order valence-electron chi connectivity index (χ0n) is 10.6. The lowest BCUT2D eigenvalue weighted by molar-refractivity contribution is 0.410. The molecule has 0 aliphatic rings. The molecule has 1 heterocycles. The molecular formula is C13H15ClN4O. The fourth-order valence-corrected chi connectivity index (χ4v) is 1.90. The Hall–Kier alpha value is -2.01. The summed E-state index contributed by atoms with van der Waals surface area (Å²) >= 11 is 6.00. The Labute approximate surface area is 116 Å². The minimum atomic E-state index is 0.274. The maximum Gasteiger partial charge on any atom is 0.150 e. The van der Waals surface area contributed by atoms with Crippen molar-refractivity contribution in [2.75, 3.05) is 24.7 Å². The van der Waals surface area contributed by atoms with Crippen molar-refractivity contribution < 1.29 is 4.74 Å². The van der Waals surface area contributed by atoms with E-state index in [4.69, 9.17) is 22.1 Å². The maximum absolute atomic E-state index is 6.00. The minimum Gasteiger partial charge on any atom is -0.496 e. The van der Waals surface area contributed by atoms with Crippen molar-refractivity contribution in [3.8, 4) is 5.75 Å². The summed E-state index contributed by atoms with van der Waals surface area (Å²) in [6.45, 7) is 0.677. The number of nitrogen functional groups attached to an aromatic ring is 1. The SMILES string of the molecule is COc1ccccc1CCNc1ncnc(N)c1Cl. The number of hydrogen-bond acceptors (Lipinski definition) is 5. The number of nitrogens with zero attached hydrogens (tertiary/aromatic N) is 2. The Morgan fingerprint density at radius 2 is 2.11 bits per heavy atom. The molecular weight excluding hydrogens is 264 g/mol. The van der Waals surface area contributed by atoms with Crippen molar-refractivity contribution in [3.63, 3.8) is 0 Å². The van der Waals surface area contributed by atoms with Gasteiger partial charge < -0.3 is 15.8 Å². The first-order chi connectivity index (χ1) is 9.22. The summed E-state index contributed by atoms with van der Waals surface area (Å²) in [7, 11) is 1.66. The summed E-state index contributed by atoms with van der Waals surface area (Å²) in [6, 6.07) is 7.88. The second kappa shape index (κ2) is 6.24. The molecule has 2 rings (SSSR count). The van der Waals surface area contributed by atoms with Crippen LogP contribution < -0.4 is 15.8 Å². The normalized spacial score (nSPS) is 10.2. The third-order valence-corrected chi connectivity index (χ3v) is 3.07. The molecule has 0 saturated heterocycles. The number of aromatic nitrogens is 2. The predicted octanol–water partition coefficient (Wildman–Crippen LogP) is 2.38. The van der Waals surface area contributed by atoms with Gasteiger partial charge in [-0.2, -0.15) is 0 Å². The molecule has 1 aromatic heterocycles. The quantitative estimate of drug-likeness (QED) is 0.878. The lowest BCUT2D eigenvalue weighted by Crippen LogP contribution is -2.08. The van der Waals surface area contributed by atoms with Gasteiger partial charge in [0, 0.05) is 6.54 Å². The highest BCUT2D eigenvalue weighted by Gasteiger charge is 2.06. The van der Waals surface area contributed by atoms with Crippen LogP contribution in [0.5, 0.6) is 5.75 Å². The van der Waals surface area contributed by atoms with Crippen LogP contribution >= 0.6 is 11.6 Å². The smallest absolute Gasteiger partial charge is 0.150 e. The largest absolute Gasteiger partial charge is 0.496 e. The second-order valence-electron chi connectivity index (χ2n) is 3.91. The Morgan fingerprint density at radius 1 is 1.32 bits per heavy atom. The van der Waals surface area contributed by atoms with Crippen molar-refractivity contribution in [2.45, 2.75) is 6.42 Å². The van der Waals surface area contributed by atoms with Gasteiger partial charge in [0.25, 0.3) is 0 Å². The summed E-state index contributed by atoms with van der Waals surface area (Å²) in [5.41, 5.74) is 6.73. The number of nitrogens with two attached hydrogens (primary N) is 1. The van der Waals surface area contributed by atoms with E-state index in [9.17, 15) is 0 Å². The molecule has 0 atom stereocenters. The summed E-state index contributed by atoms with van der Waals surface area (Å²) in [5.74, 6) is 1.69. The zero-order chi connectivity index (χ0) is 13.7. The van der Waals surface area contributed by atoms with Gasteiger partial charge >= 0.3 is 0 Å². The number of nitrogens with one attached hydrogen (secondary N) is 1. The number of anilines is 2. The van der Waals surface area contributed by atoms with Crippen LogP contribution in [0.2, 0.25) is 5.02 Å². The van der Waals surface area contributed by atoms with Gasteiger partial charge in [-0.3, -0.25) is 0 Å². The van der Waals surface area contributed by atoms with E-state index in [0.717, 1.165) is 17.7 Å². The van der Waals surface area contributed by atoms with Crippen molar-refractivity contribution >= 4 is 23.2 Å². The van der Waals surface area contributed by atoms with Crippen molar-refractivity contribution in [3.05, 3.63) is 41.2 Å². The van der Waals surface area contributed by atoms with Gasteiger partial charge in [0.2, 0.25) is 0 Å². The number of para-hydroxylation sites is 1. The third-order valence-electron chi connectivity index (χ3n) is 2.70. The first-order valence-electron chi connectivity index (χ1n) is 5.84. The molecule has 6 heteroatoms. The lowest BCUT2D eigenvalue weighted by atomic mass is 10.1. The fourth-order valence-electron chi connectivity index (χ4n) is 1.73. The molecule has 0 amide bonds. The topological polar surface area (TPSA) is 73.1 Å². The maximum atomic E-state index is 6.00. The van der Waals surface area contributed by atoms with E-state index in [0.29, 0.717) is 17.4 Å². The highest BCUT2D eigenvalue weighted by molar-refractivity contribution is 6.35. The monoisotopic (exact) mass is 278 g/mol. The molecule has 2 aromatic rings. The van der Waals surface area contributed by atoms with E-state index in [2.05, 4.69) is 15.3 Å². The number of methoxy groups -OCH3 is 1. The Kier molecular flexibility index (Phi) is 4.41. The van der Waals surface area contributed by atoms with Crippen molar-refractivity contribution in [2.24, 2.45) is 0 Å². The summed E-state index contributed by atoms with van der Waals surface area (Å²) in [6.07, 6.45) is 2.18. The van der Waals surface area contributed by atoms with Gasteiger partial charge in [0.1, 0.15) is 28.7 Å². The molecule has 1 aromatic carbocycles. The Bertz CT molecular complexity index is 562. The van der Waals surface area contributed by atoms with Gasteiger partial charge in [-0.25, -0.2) is 9.97 Å². The van der Waals surface area contributed by atoms with Crippen LogP contribution in [0.4, 0.5) is 11.6 Å². The van der Waals surface area contributed by atoms with E-state index in [1.807, 2.05) is 24.3 Å². The van der Waals surface area contributed by atoms with Crippen LogP contribution in [0.3, 0.4) is 0 Å². The molecule has 19 heavy (non-hydrogen) atoms. The number of rotatable bonds is 5. The first kappa shape index (κ1) is 13.4. The van der Waals surface area contributed by atoms with Gasteiger partial charge in [-0.05, 0) is 18.1 Å². The van der Waals surface area contributed by atoms with Crippen molar-refractivity contribution in [1.82, 2.24) is 9.97 Å². The number of hydrogen-bond donors (Lipinski definition) is 2. The highest BCUT2D eigenvalue weighted by atomic mass is 35.5. The first-order valence-corrected chi connectivity index (χ1v) is 6.22. The molecule has 0 radical (unpaired) electrons. The summed E-state index contributed by atoms with van der Waals surface area (Å²) in [4.78, 5) is 7.86. The molecule has 0 aliphatic carbocycles. The predicted molar refractivity (Wildman–Crippen MR) is 76.6 cm³/mol. The molecule has 100 valence electrons. The molecule has 0 bridgehead atoms. The van der Waals surface area contributed by atoms with Crippen LogP contribution in [0.1, 0.15) is 5.56 Å². The average Bonchev–Trinajstić information content (AvgIpc) is 2.44. The molecule has 3 N–H and O–H groups in total. The van der Waals surface area contributed by atoms with Crippen LogP contribution in [0, 0.1) is 0 Å². The lowest BCUT2D eigenvalue weighted by Gasteiger charge is -2.10. The van der Waals surface area contributed by atoms with E-state index < -0.39 is 0 Å². The number of ether oxygens (including phenoxy) is 1. The van der Waals surface area contributed by atoms with E-state index in [1.54, 1.807) is 7.11 Å². The fraction of sp³-hybridized carbons (Fsp3) is 0.231. The molecule has 0 unspecified atom stereocenters. The van der Waals surface area contributed by atoms with Gasteiger partial charge in [-0.1, -0.05) is 29.8 Å². The average molecular weight is 279 g/mol. The standard InChI is InChI=1S/C13H15ClN4O/c1-19-10-5-3-2-4-9(10)6-7-16-13-11(14)12(15)17-8-18-13/h2-5,8H,6-7H2,1H3,(H3,15,16,17,18). The molecule has 0 saturated carbocycles. The Balaban J connectivity index is 1.98. The summed E-state index contributed by atoms with van der Waals surface area (Å²) < 4.78 is 5.29. The van der Waals surface area contributed by atoms with Crippen LogP contribution in [0.15, 0.2) is 30.6 Å². The molecule has 5 nitrogen and oxygen atoms in total. The van der Waals surface area contributed by atoms with E-state index in [-0.39, 0.29) is 5.82 Å². The molecule has 0 aliphatic heterocycles. The highest BCUT2D eigenvalue weighted by Crippen LogP contribution is 2.23. The van der Waals surface area contributed by atoms with Gasteiger partial charge in [-0.15, -0.1) is 0 Å². The molecule has 0 spiro atoms. The number of halogens is 1. The van der Waals surface area contributed by atoms with Crippen molar-refractivity contribution in [1.29, 1.82) is 0 Å². The van der Waals surface area contributed by atoms with Crippen LogP contribution in [-0.2, 0) is 6.42 Å². The van der Waals surface area contributed by atoms with Gasteiger partial charge in [0.05, 0.1) is 7.11 Å². The molecule has 0 fully saturated rings. The van der Waals surface area contributed by atoms with E-state index >= 15 is 0 Å². The van der Waals surface area contributed by atoms with Crippen LogP contribution in [-0.4, -0.2) is 23.6 Å². The minimum absolute atomic E-state index is 0.274. The Morgan fingerprint density at radius 3 is 2.89 bits per heavy atom. The number of benzene rings is 1. The van der Waals surface area contributed by atoms with E-state index in [1.165, 1.54) is 6.33 Å².